The molecule has 0 unspecified atom stereocenters. The third-order valence-electron chi connectivity index (χ3n) is 4.53. The fourth-order valence-electron chi connectivity index (χ4n) is 2.72. The minimum Gasteiger partial charge on any atom is -0.354 e. The first kappa shape index (κ1) is 21.2. The molecule has 1 aliphatic carbocycles. The van der Waals surface area contributed by atoms with Gasteiger partial charge in [-0.2, -0.15) is 0 Å². The zero-order chi connectivity index (χ0) is 22.2. The van der Waals surface area contributed by atoms with Gasteiger partial charge in [0.2, 0.25) is 5.91 Å². The number of anilines is 2. The Kier molecular flexibility index (Phi) is 5.63. The molecule has 0 radical (unpaired) electrons. The molecule has 1 fully saturated rings. The van der Waals surface area contributed by atoms with E-state index in [1.165, 1.54) is 6.07 Å². The molecule has 1 aliphatic rings. The van der Waals surface area contributed by atoms with Crippen molar-refractivity contribution in [1.82, 2.24) is 5.16 Å². The first-order valence-electron chi connectivity index (χ1n) is 9.26. The second kappa shape index (κ2) is 8.23. The van der Waals surface area contributed by atoms with Crippen LogP contribution in [0.5, 0.6) is 0 Å². The predicted octanol–water partition coefficient (Wildman–Crippen LogP) is 4.64. The van der Waals surface area contributed by atoms with Gasteiger partial charge < -0.3 is 9.84 Å². The number of aromatic nitrogens is 1. The molecule has 0 spiro atoms. The van der Waals surface area contributed by atoms with Gasteiger partial charge in [-0.1, -0.05) is 5.16 Å². The average molecular weight is 466 g/mol. The Hall–Kier alpha value is -3.05. The monoisotopic (exact) mass is 465 g/mol. The topological polar surface area (TPSA) is 101 Å². The summed E-state index contributed by atoms with van der Waals surface area (Å²) >= 11 is 0.946. The standard InChI is InChI=1S/C20H17F2N3O4S2/c1-11-19(23-20(26)12-2-3-12)17(29-24-11)8-5-14-6-9-18(30-14)31(27,28)25-16-7-4-13(21)10-15(16)22/h4-10,12,25H,2-3H2,1H3,(H,23,26). The van der Waals surface area contributed by atoms with Crippen LogP contribution in [0.15, 0.2) is 39.1 Å². The number of nitrogens with one attached hydrogen (secondary N) is 2. The molecule has 0 saturated heterocycles. The molecule has 2 heterocycles. The highest BCUT2D eigenvalue weighted by Crippen LogP contribution is 2.32. The van der Waals surface area contributed by atoms with Crippen LogP contribution in [0, 0.1) is 24.5 Å². The lowest BCUT2D eigenvalue weighted by molar-refractivity contribution is -0.117. The summed E-state index contributed by atoms with van der Waals surface area (Å²) in [6, 6.07) is 5.51. The summed E-state index contributed by atoms with van der Waals surface area (Å²) in [5, 5.41) is 6.67. The first-order chi connectivity index (χ1) is 14.7. The predicted molar refractivity (Wildman–Crippen MR) is 113 cm³/mol. The minimum absolute atomic E-state index is 0.0228. The van der Waals surface area contributed by atoms with E-state index >= 15 is 0 Å². The zero-order valence-corrected chi connectivity index (χ0v) is 17.8. The largest absolute Gasteiger partial charge is 0.354 e. The average Bonchev–Trinajstić information content (AvgIpc) is 3.36. The number of hydrogen-bond acceptors (Lipinski definition) is 6. The molecule has 0 aliphatic heterocycles. The number of rotatable bonds is 7. The quantitative estimate of drug-likeness (QED) is 0.529. The third kappa shape index (κ3) is 4.83. The van der Waals surface area contributed by atoms with Crippen LogP contribution < -0.4 is 10.0 Å². The smallest absolute Gasteiger partial charge is 0.271 e. The molecule has 11 heteroatoms. The maximum atomic E-state index is 13.8. The van der Waals surface area contributed by atoms with Crippen LogP contribution in [0.4, 0.5) is 20.2 Å². The van der Waals surface area contributed by atoms with Crippen LogP contribution in [0.3, 0.4) is 0 Å². The molecule has 7 nitrogen and oxygen atoms in total. The van der Waals surface area contributed by atoms with Crippen LogP contribution in [-0.2, 0) is 14.8 Å². The van der Waals surface area contributed by atoms with Crippen molar-refractivity contribution in [3.63, 3.8) is 0 Å². The van der Waals surface area contributed by atoms with Gasteiger partial charge in [0.15, 0.2) is 5.76 Å². The molecule has 4 rings (SSSR count). The second-order valence-electron chi connectivity index (χ2n) is 6.99. The number of aryl methyl sites for hydroxylation is 1. The highest BCUT2D eigenvalue weighted by molar-refractivity contribution is 7.94. The Bertz CT molecular complexity index is 1280. The second-order valence-corrected chi connectivity index (χ2v) is 10.0. The van der Waals surface area contributed by atoms with Crippen molar-refractivity contribution in [3.05, 3.63) is 58.3 Å². The van der Waals surface area contributed by atoms with E-state index in [4.69, 9.17) is 4.52 Å². The Morgan fingerprint density at radius 2 is 2.00 bits per heavy atom. The molecule has 31 heavy (non-hydrogen) atoms. The van der Waals surface area contributed by atoms with Gasteiger partial charge in [0, 0.05) is 16.9 Å². The highest BCUT2D eigenvalue weighted by atomic mass is 32.2. The van der Waals surface area contributed by atoms with Gasteiger partial charge in [0.25, 0.3) is 10.0 Å². The SMILES string of the molecule is Cc1noc(C=Cc2ccc(S(=O)(=O)Nc3ccc(F)cc3F)s2)c1NC(=O)C1CC1. The summed E-state index contributed by atoms with van der Waals surface area (Å²) in [5.41, 5.74) is 0.666. The van der Waals surface area contributed by atoms with E-state index in [-0.39, 0.29) is 21.7 Å². The van der Waals surface area contributed by atoms with Gasteiger partial charge in [0.1, 0.15) is 27.2 Å². The fraction of sp³-hybridized carbons (Fsp3) is 0.200. The molecule has 0 bridgehead atoms. The number of nitrogens with zero attached hydrogens (tertiary/aromatic N) is 1. The molecule has 3 aromatic rings. The van der Waals surface area contributed by atoms with Crippen LogP contribution in [0.1, 0.15) is 29.2 Å². The lowest BCUT2D eigenvalue weighted by Gasteiger charge is -2.07. The molecule has 2 N–H and O–H groups in total. The fourth-order valence-corrected chi connectivity index (χ4v) is 5.01. The van der Waals surface area contributed by atoms with E-state index in [0.29, 0.717) is 28.1 Å². The molecular weight excluding hydrogens is 448 g/mol. The Labute approximate surface area is 180 Å². The minimum atomic E-state index is -4.05. The van der Waals surface area contributed by atoms with Crippen molar-refractivity contribution in [2.24, 2.45) is 5.92 Å². The number of carbonyl (C=O) groups is 1. The molecule has 1 saturated carbocycles. The van der Waals surface area contributed by atoms with Crippen LogP contribution in [0.2, 0.25) is 0 Å². The van der Waals surface area contributed by atoms with Gasteiger partial charge in [-0.15, -0.1) is 11.3 Å². The first-order valence-corrected chi connectivity index (χ1v) is 11.6. The molecule has 162 valence electrons. The van der Waals surface area contributed by atoms with E-state index in [0.717, 1.165) is 36.3 Å². The van der Waals surface area contributed by atoms with E-state index in [1.807, 2.05) is 0 Å². The van der Waals surface area contributed by atoms with Gasteiger partial charge in [-0.05, 0) is 56.2 Å². The number of benzene rings is 1. The van der Waals surface area contributed by atoms with Crippen molar-refractivity contribution in [2.75, 3.05) is 10.0 Å². The van der Waals surface area contributed by atoms with Crippen LogP contribution in [-0.4, -0.2) is 19.5 Å². The number of thiophene rings is 1. The van der Waals surface area contributed by atoms with Gasteiger partial charge in [0.05, 0.1) is 5.69 Å². The summed E-state index contributed by atoms with van der Waals surface area (Å²) < 4.78 is 59.1. The molecule has 1 aromatic carbocycles. The summed E-state index contributed by atoms with van der Waals surface area (Å²) in [6.07, 6.45) is 4.93. The maximum Gasteiger partial charge on any atom is 0.271 e. The number of amides is 1. The summed E-state index contributed by atoms with van der Waals surface area (Å²) in [5.74, 6) is -1.53. The Morgan fingerprint density at radius 3 is 2.71 bits per heavy atom. The summed E-state index contributed by atoms with van der Waals surface area (Å²) in [6.45, 7) is 1.71. The molecule has 0 atom stereocenters. The van der Waals surface area contributed by atoms with Crippen molar-refractivity contribution in [1.29, 1.82) is 0 Å². The Balaban J connectivity index is 1.50. The number of hydrogen-bond donors (Lipinski definition) is 2. The van der Waals surface area contributed by atoms with E-state index in [9.17, 15) is 22.0 Å². The summed E-state index contributed by atoms with van der Waals surface area (Å²) in [7, 11) is -4.05. The molecular formula is C20H17F2N3O4S2. The molecule has 1 amide bonds. The van der Waals surface area contributed by atoms with Gasteiger partial charge >= 0.3 is 0 Å². The Morgan fingerprint density at radius 1 is 1.23 bits per heavy atom. The van der Waals surface area contributed by atoms with E-state index < -0.39 is 21.7 Å². The zero-order valence-electron chi connectivity index (χ0n) is 16.2. The van der Waals surface area contributed by atoms with E-state index in [1.54, 1.807) is 25.1 Å². The van der Waals surface area contributed by atoms with Crippen molar-refractivity contribution < 1.29 is 26.5 Å². The number of halogens is 2. The van der Waals surface area contributed by atoms with Gasteiger partial charge in [-0.25, -0.2) is 17.2 Å². The van der Waals surface area contributed by atoms with Crippen LogP contribution >= 0.6 is 11.3 Å². The summed E-state index contributed by atoms with van der Waals surface area (Å²) in [4.78, 5) is 12.6. The lowest BCUT2D eigenvalue weighted by atomic mass is 10.2. The number of carbonyl (C=O) groups excluding carboxylic acids is 1. The van der Waals surface area contributed by atoms with E-state index in [2.05, 4.69) is 15.2 Å². The molecule has 2 aromatic heterocycles. The van der Waals surface area contributed by atoms with Crippen LogP contribution in [0.25, 0.3) is 12.2 Å². The highest BCUT2D eigenvalue weighted by Gasteiger charge is 2.30. The number of sulfonamides is 1. The van der Waals surface area contributed by atoms with Crippen molar-refractivity contribution in [2.45, 2.75) is 24.0 Å². The van der Waals surface area contributed by atoms with Crippen molar-refractivity contribution in [3.8, 4) is 0 Å². The lowest BCUT2D eigenvalue weighted by Crippen LogP contribution is -2.14. The van der Waals surface area contributed by atoms with Gasteiger partial charge in [-0.3, -0.25) is 9.52 Å². The third-order valence-corrected chi connectivity index (χ3v) is 7.43. The van der Waals surface area contributed by atoms with Crippen molar-refractivity contribution >= 4 is 50.8 Å². The normalized spacial score (nSPS) is 14.2. The maximum absolute atomic E-state index is 13.8.